The summed E-state index contributed by atoms with van der Waals surface area (Å²) in [6, 6.07) is 18.4. The molecule has 0 aliphatic rings. The van der Waals surface area contributed by atoms with Crippen LogP contribution < -0.4 is 5.32 Å². The Balaban J connectivity index is 1.57. The van der Waals surface area contributed by atoms with Crippen LogP contribution in [0.3, 0.4) is 0 Å². The molecular formula is C23H23N3O3S. The molecule has 0 atom stereocenters. The molecule has 0 bridgehead atoms. The maximum Gasteiger partial charge on any atom is 0.338 e. The van der Waals surface area contributed by atoms with Gasteiger partial charge in [0.15, 0.2) is 0 Å². The molecule has 1 aromatic heterocycles. The van der Waals surface area contributed by atoms with E-state index in [9.17, 15) is 9.59 Å². The summed E-state index contributed by atoms with van der Waals surface area (Å²) in [5, 5.41) is 3.57. The van der Waals surface area contributed by atoms with E-state index in [1.165, 1.54) is 11.8 Å². The topological polar surface area (TPSA) is 81.2 Å². The van der Waals surface area contributed by atoms with Gasteiger partial charge in [0, 0.05) is 11.3 Å². The molecule has 0 saturated heterocycles. The Morgan fingerprint density at radius 3 is 2.47 bits per heavy atom. The third-order valence-corrected chi connectivity index (χ3v) is 4.99. The quantitative estimate of drug-likeness (QED) is 0.321. The van der Waals surface area contributed by atoms with Crippen molar-refractivity contribution >= 4 is 29.3 Å². The van der Waals surface area contributed by atoms with Crippen molar-refractivity contribution < 1.29 is 14.3 Å². The standard InChI is InChI=1S/C23H23N3O3S/c1-3-13-29-23(28)18-9-11-19(12-10-18)26-21(27)15-30-22-14-20(24-16(2)25-22)17-7-5-4-6-8-17/h4-12,14H,3,13,15H2,1-2H3,(H,26,27). The van der Waals surface area contributed by atoms with Crippen LogP contribution in [0.5, 0.6) is 0 Å². The number of ether oxygens (including phenoxy) is 1. The van der Waals surface area contributed by atoms with Gasteiger partial charge in [0.05, 0.1) is 23.6 Å². The SMILES string of the molecule is CCCOC(=O)c1ccc(NC(=O)CSc2cc(-c3ccccc3)nc(C)n2)cc1. The number of aromatic nitrogens is 2. The second kappa shape index (κ2) is 10.5. The van der Waals surface area contributed by atoms with Gasteiger partial charge in [-0.15, -0.1) is 0 Å². The van der Waals surface area contributed by atoms with Crippen molar-refractivity contribution in [3.05, 3.63) is 72.1 Å². The van der Waals surface area contributed by atoms with Gasteiger partial charge >= 0.3 is 5.97 Å². The fraction of sp³-hybridized carbons (Fsp3) is 0.217. The molecule has 0 aliphatic heterocycles. The highest BCUT2D eigenvalue weighted by Crippen LogP contribution is 2.23. The Morgan fingerprint density at radius 1 is 1.03 bits per heavy atom. The van der Waals surface area contributed by atoms with Crippen LogP contribution in [0.2, 0.25) is 0 Å². The lowest BCUT2D eigenvalue weighted by Gasteiger charge is -2.08. The van der Waals surface area contributed by atoms with Crippen LogP contribution >= 0.6 is 11.8 Å². The number of hydrogen-bond acceptors (Lipinski definition) is 6. The first-order valence-corrected chi connectivity index (χ1v) is 10.6. The predicted octanol–water partition coefficient (Wildman–Crippen LogP) is 4.75. The number of esters is 1. The van der Waals surface area contributed by atoms with Gasteiger partial charge in [0.2, 0.25) is 5.91 Å². The van der Waals surface area contributed by atoms with Gasteiger partial charge in [-0.05, 0) is 43.7 Å². The predicted molar refractivity (Wildman–Crippen MR) is 119 cm³/mol. The van der Waals surface area contributed by atoms with E-state index in [0.717, 1.165) is 22.7 Å². The first kappa shape index (κ1) is 21.5. The second-order valence-electron chi connectivity index (χ2n) is 6.55. The van der Waals surface area contributed by atoms with Crippen LogP contribution in [-0.2, 0) is 9.53 Å². The van der Waals surface area contributed by atoms with Crippen molar-refractivity contribution in [3.63, 3.8) is 0 Å². The molecular weight excluding hydrogens is 398 g/mol. The summed E-state index contributed by atoms with van der Waals surface area (Å²) >= 11 is 1.35. The van der Waals surface area contributed by atoms with Crippen molar-refractivity contribution in [3.8, 4) is 11.3 Å². The number of nitrogens with one attached hydrogen (secondary N) is 1. The molecule has 0 saturated carbocycles. The number of rotatable bonds is 8. The van der Waals surface area contributed by atoms with Crippen LogP contribution in [0.15, 0.2) is 65.7 Å². The van der Waals surface area contributed by atoms with Gasteiger partial charge in [-0.3, -0.25) is 4.79 Å². The van der Waals surface area contributed by atoms with Crippen molar-refractivity contribution in [2.75, 3.05) is 17.7 Å². The van der Waals surface area contributed by atoms with Crippen LogP contribution in [0.4, 0.5) is 5.69 Å². The maximum atomic E-state index is 12.3. The summed E-state index contributed by atoms with van der Waals surface area (Å²) < 4.78 is 5.10. The van der Waals surface area contributed by atoms with Crippen molar-refractivity contribution in [1.82, 2.24) is 9.97 Å². The average molecular weight is 422 g/mol. The number of aryl methyl sites for hydroxylation is 1. The van der Waals surface area contributed by atoms with E-state index in [1.807, 2.05) is 50.2 Å². The largest absolute Gasteiger partial charge is 0.462 e. The van der Waals surface area contributed by atoms with Crippen LogP contribution in [-0.4, -0.2) is 34.2 Å². The summed E-state index contributed by atoms with van der Waals surface area (Å²) in [4.78, 5) is 33.0. The first-order chi connectivity index (χ1) is 14.5. The average Bonchev–Trinajstić information content (AvgIpc) is 2.77. The number of nitrogens with zero attached hydrogens (tertiary/aromatic N) is 2. The van der Waals surface area contributed by atoms with Gasteiger partial charge in [-0.1, -0.05) is 49.0 Å². The Bertz CT molecular complexity index is 1010. The molecule has 0 radical (unpaired) electrons. The van der Waals surface area contributed by atoms with Gasteiger partial charge in [0.1, 0.15) is 10.9 Å². The van der Waals surface area contributed by atoms with Crippen molar-refractivity contribution in [2.24, 2.45) is 0 Å². The summed E-state index contributed by atoms with van der Waals surface area (Å²) in [5.41, 5.74) is 2.92. The molecule has 1 heterocycles. The highest BCUT2D eigenvalue weighted by molar-refractivity contribution is 7.99. The number of amides is 1. The molecule has 3 rings (SSSR count). The fourth-order valence-electron chi connectivity index (χ4n) is 2.68. The fourth-order valence-corrected chi connectivity index (χ4v) is 3.42. The maximum absolute atomic E-state index is 12.3. The zero-order chi connectivity index (χ0) is 21.3. The van der Waals surface area contributed by atoms with E-state index < -0.39 is 0 Å². The summed E-state index contributed by atoms with van der Waals surface area (Å²) in [6.07, 6.45) is 0.774. The van der Waals surface area contributed by atoms with Gasteiger partial charge in [-0.25, -0.2) is 14.8 Å². The van der Waals surface area contributed by atoms with E-state index in [2.05, 4.69) is 15.3 Å². The van der Waals surface area contributed by atoms with E-state index in [4.69, 9.17) is 4.74 Å². The minimum absolute atomic E-state index is 0.154. The molecule has 0 unspecified atom stereocenters. The zero-order valence-corrected chi connectivity index (χ0v) is 17.7. The summed E-state index contributed by atoms with van der Waals surface area (Å²) in [7, 11) is 0. The lowest BCUT2D eigenvalue weighted by atomic mass is 10.1. The molecule has 1 amide bonds. The van der Waals surface area contributed by atoms with Crippen molar-refractivity contribution in [1.29, 1.82) is 0 Å². The molecule has 0 aliphatic carbocycles. The number of carbonyl (C=O) groups excluding carboxylic acids is 2. The minimum Gasteiger partial charge on any atom is -0.462 e. The van der Waals surface area contributed by atoms with Crippen LogP contribution in [0.25, 0.3) is 11.3 Å². The number of benzene rings is 2. The van der Waals surface area contributed by atoms with E-state index in [0.29, 0.717) is 23.7 Å². The third kappa shape index (κ3) is 6.15. The molecule has 0 spiro atoms. The zero-order valence-electron chi connectivity index (χ0n) is 16.9. The normalized spacial score (nSPS) is 10.5. The number of hydrogen-bond donors (Lipinski definition) is 1. The lowest BCUT2D eigenvalue weighted by Crippen LogP contribution is -2.14. The minimum atomic E-state index is -0.362. The molecule has 7 heteroatoms. The number of thioether (sulfide) groups is 1. The Morgan fingerprint density at radius 2 is 1.77 bits per heavy atom. The van der Waals surface area contributed by atoms with E-state index in [1.54, 1.807) is 24.3 Å². The monoisotopic (exact) mass is 421 g/mol. The van der Waals surface area contributed by atoms with Gasteiger partial charge in [-0.2, -0.15) is 0 Å². The molecule has 3 aromatic rings. The molecule has 30 heavy (non-hydrogen) atoms. The van der Waals surface area contributed by atoms with Crippen LogP contribution in [0, 0.1) is 6.92 Å². The lowest BCUT2D eigenvalue weighted by molar-refractivity contribution is -0.113. The van der Waals surface area contributed by atoms with Crippen molar-refractivity contribution in [2.45, 2.75) is 25.3 Å². The third-order valence-electron chi connectivity index (χ3n) is 4.08. The Kier molecular flexibility index (Phi) is 7.57. The number of anilines is 1. The molecule has 2 aromatic carbocycles. The highest BCUT2D eigenvalue weighted by Gasteiger charge is 2.10. The van der Waals surface area contributed by atoms with E-state index >= 15 is 0 Å². The Labute approximate surface area is 180 Å². The molecule has 0 fully saturated rings. The molecule has 1 N–H and O–H groups in total. The number of carbonyl (C=O) groups is 2. The van der Waals surface area contributed by atoms with Crippen LogP contribution in [0.1, 0.15) is 29.5 Å². The highest BCUT2D eigenvalue weighted by atomic mass is 32.2. The molecule has 154 valence electrons. The van der Waals surface area contributed by atoms with Gasteiger partial charge < -0.3 is 10.1 Å². The Hall–Kier alpha value is -3.19. The summed E-state index contributed by atoms with van der Waals surface area (Å²) in [6.45, 7) is 4.17. The molecule has 6 nitrogen and oxygen atoms in total. The van der Waals surface area contributed by atoms with Gasteiger partial charge in [0.25, 0.3) is 0 Å². The van der Waals surface area contributed by atoms with E-state index in [-0.39, 0.29) is 17.6 Å². The summed E-state index contributed by atoms with van der Waals surface area (Å²) in [5.74, 6) is 0.354. The second-order valence-corrected chi connectivity index (χ2v) is 7.55. The first-order valence-electron chi connectivity index (χ1n) is 9.66. The smallest absolute Gasteiger partial charge is 0.338 e.